The van der Waals surface area contributed by atoms with Crippen LogP contribution in [0.1, 0.15) is 73.2 Å². The number of aromatic nitrogens is 2. The Kier molecular flexibility index (Phi) is 8.37. The molecule has 0 radical (unpaired) electrons. The van der Waals surface area contributed by atoms with Crippen LogP contribution in [0.25, 0.3) is 33.7 Å². The number of nitrogens with zero attached hydrogens (tertiary/aromatic N) is 2. The van der Waals surface area contributed by atoms with Gasteiger partial charge in [0.25, 0.3) is 0 Å². The fraction of sp³-hybridized carbons (Fsp3) is 0.184. The van der Waals surface area contributed by atoms with Gasteiger partial charge in [-0.05, 0) is 124 Å². The minimum absolute atomic E-state index is 0.304. The summed E-state index contributed by atoms with van der Waals surface area (Å²) < 4.78 is 0. The molecular weight excluding hydrogens is 617 g/mol. The molecule has 5 aliphatic rings. The molecule has 2 aromatic carbocycles. The van der Waals surface area contributed by atoms with Crippen molar-refractivity contribution >= 4 is 11.1 Å². The number of hydrogen-bond acceptors (Lipinski definition) is 2. The van der Waals surface area contributed by atoms with E-state index in [0.717, 1.165) is 60.3 Å². The van der Waals surface area contributed by atoms with Crippen molar-refractivity contribution in [2.24, 2.45) is 5.92 Å². The number of benzene rings is 2. The maximum absolute atomic E-state index is 5.12. The molecule has 0 aliphatic heterocycles. The molecule has 248 valence electrons. The van der Waals surface area contributed by atoms with Crippen LogP contribution in [0.3, 0.4) is 0 Å². The summed E-state index contributed by atoms with van der Waals surface area (Å²) in [5, 5.41) is 0. The van der Waals surface area contributed by atoms with E-state index >= 15 is 0 Å². The summed E-state index contributed by atoms with van der Waals surface area (Å²) in [6.07, 6.45) is 34.9. The van der Waals surface area contributed by atoms with Gasteiger partial charge in [-0.15, -0.1) is 0 Å². The Morgan fingerprint density at radius 1 is 0.667 bits per heavy atom. The summed E-state index contributed by atoms with van der Waals surface area (Å²) >= 11 is 0. The lowest BCUT2D eigenvalue weighted by Crippen LogP contribution is -2.25. The Hall–Kier alpha value is -5.60. The van der Waals surface area contributed by atoms with Crippen LogP contribution >= 0.6 is 0 Å². The minimum Gasteiger partial charge on any atom is -0.255 e. The predicted molar refractivity (Wildman–Crippen MR) is 213 cm³/mol. The van der Waals surface area contributed by atoms with Crippen LogP contribution in [0.5, 0.6) is 0 Å². The van der Waals surface area contributed by atoms with Crippen LogP contribution in [0, 0.1) is 5.92 Å². The maximum Gasteiger partial charge on any atom is 0.0899 e. The molecule has 2 heterocycles. The smallest absolute Gasteiger partial charge is 0.0899 e. The van der Waals surface area contributed by atoms with Gasteiger partial charge in [0.05, 0.1) is 17.1 Å². The first-order chi connectivity index (χ1) is 25.2. The molecule has 5 aliphatic carbocycles. The van der Waals surface area contributed by atoms with Crippen molar-refractivity contribution in [3.63, 3.8) is 0 Å². The standard InChI is InChI=1S/C49H42N2/c1-33-40(26-27-45-43-23-8-7-21-41(43)42-22-9-10-24-44(42)49(33)45)38-20-14-18-36(30-38)35-17-13-19-37(29-35)39-31-47(34-15-5-3-2-4-6-16-34)51-48(32-39)46-25-11-12-28-50-46/h3,5-7,9-22,24-29,31-33,36,49H,2,4,8,23,30H2,1H3. The minimum atomic E-state index is 0.304. The average molecular weight is 659 g/mol. The van der Waals surface area contributed by atoms with Crippen molar-refractivity contribution in [1.29, 1.82) is 0 Å². The molecule has 3 unspecified atom stereocenters. The summed E-state index contributed by atoms with van der Waals surface area (Å²) in [5.74, 6) is 1.10. The van der Waals surface area contributed by atoms with Crippen LogP contribution in [0.2, 0.25) is 0 Å². The van der Waals surface area contributed by atoms with Crippen molar-refractivity contribution in [2.45, 2.75) is 50.9 Å². The average Bonchev–Trinajstić information content (AvgIpc) is 3.18. The molecule has 0 N–H and O–H groups in total. The molecular formula is C49H42N2. The highest BCUT2D eigenvalue weighted by molar-refractivity contribution is 5.87. The van der Waals surface area contributed by atoms with Gasteiger partial charge in [-0.1, -0.05) is 134 Å². The van der Waals surface area contributed by atoms with Crippen molar-refractivity contribution in [3.05, 3.63) is 203 Å². The zero-order chi connectivity index (χ0) is 34.1. The molecule has 4 aromatic rings. The van der Waals surface area contributed by atoms with E-state index in [9.17, 15) is 0 Å². The van der Waals surface area contributed by atoms with Crippen LogP contribution in [-0.4, -0.2) is 9.97 Å². The predicted octanol–water partition coefficient (Wildman–Crippen LogP) is 12.5. The van der Waals surface area contributed by atoms with Crippen LogP contribution in [-0.2, 0) is 0 Å². The van der Waals surface area contributed by atoms with Gasteiger partial charge in [0.2, 0.25) is 0 Å². The summed E-state index contributed by atoms with van der Waals surface area (Å²) in [4.78, 5) is 9.79. The van der Waals surface area contributed by atoms with Crippen molar-refractivity contribution in [3.8, 4) is 22.5 Å². The normalized spacial score (nSPS) is 22.1. The largest absolute Gasteiger partial charge is 0.255 e. The fourth-order valence-corrected chi connectivity index (χ4v) is 8.70. The van der Waals surface area contributed by atoms with Gasteiger partial charge >= 0.3 is 0 Å². The van der Waals surface area contributed by atoms with Gasteiger partial charge in [-0.25, -0.2) is 4.98 Å². The quantitative estimate of drug-likeness (QED) is 0.213. The molecule has 2 heteroatoms. The van der Waals surface area contributed by atoms with E-state index in [0.29, 0.717) is 17.8 Å². The van der Waals surface area contributed by atoms with Crippen LogP contribution < -0.4 is 0 Å². The third-order valence-electron chi connectivity index (χ3n) is 11.2. The Morgan fingerprint density at radius 2 is 1.53 bits per heavy atom. The van der Waals surface area contributed by atoms with Crippen molar-refractivity contribution < 1.29 is 0 Å². The molecule has 0 saturated heterocycles. The lowest BCUT2D eigenvalue weighted by atomic mass is 9.63. The van der Waals surface area contributed by atoms with Gasteiger partial charge in [0.15, 0.2) is 0 Å². The topological polar surface area (TPSA) is 25.8 Å². The second kappa shape index (κ2) is 13.6. The maximum atomic E-state index is 5.12. The molecule has 0 saturated carbocycles. The Morgan fingerprint density at radius 3 is 2.47 bits per heavy atom. The van der Waals surface area contributed by atoms with E-state index in [1.54, 1.807) is 5.57 Å². The number of rotatable bonds is 5. The third-order valence-corrected chi connectivity index (χ3v) is 11.2. The first-order valence-corrected chi connectivity index (χ1v) is 18.6. The lowest BCUT2D eigenvalue weighted by Gasteiger charge is -2.40. The Bertz CT molecular complexity index is 2300. The number of allylic oxidation sites excluding steroid dienone is 18. The Balaban J connectivity index is 1.04. The summed E-state index contributed by atoms with van der Waals surface area (Å²) in [7, 11) is 0. The number of pyridine rings is 2. The summed E-state index contributed by atoms with van der Waals surface area (Å²) in [6.45, 7) is 2.45. The number of fused-ring (bicyclic) bond motifs is 5. The Labute approximate surface area is 302 Å². The molecule has 2 nitrogen and oxygen atoms in total. The third kappa shape index (κ3) is 5.99. The second-order valence-electron chi connectivity index (χ2n) is 14.3. The van der Waals surface area contributed by atoms with E-state index in [1.165, 1.54) is 44.5 Å². The van der Waals surface area contributed by atoms with E-state index < -0.39 is 0 Å². The summed E-state index contributed by atoms with van der Waals surface area (Å²) in [6, 6.07) is 28.7. The van der Waals surface area contributed by atoms with Crippen LogP contribution in [0.15, 0.2) is 180 Å². The molecule has 51 heavy (non-hydrogen) atoms. The van der Waals surface area contributed by atoms with E-state index in [1.807, 2.05) is 24.4 Å². The molecule has 9 rings (SSSR count). The molecule has 0 bridgehead atoms. The zero-order valence-electron chi connectivity index (χ0n) is 29.2. The lowest BCUT2D eigenvalue weighted by molar-refractivity contribution is 0.566. The highest BCUT2D eigenvalue weighted by Gasteiger charge is 2.37. The first kappa shape index (κ1) is 31.4. The van der Waals surface area contributed by atoms with E-state index in [2.05, 4.69) is 145 Å². The van der Waals surface area contributed by atoms with Crippen LogP contribution in [0.4, 0.5) is 0 Å². The fourth-order valence-electron chi connectivity index (χ4n) is 8.70. The summed E-state index contributed by atoms with van der Waals surface area (Å²) in [5.41, 5.74) is 17.9. The second-order valence-corrected chi connectivity index (χ2v) is 14.3. The van der Waals surface area contributed by atoms with Crippen molar-refractivity contribution in [2.75, 3.05) is 0 Å². The number of hydrogen-bond donors (Lipinski definition) is 0. The molecule has 0 amide bonds. The van der Waals surface area contributed by atoms with E-state index in [4.69, 9.17) is 4.98 Å². The molecule has 0 spiro atoms. The van der Waals surface area contributed by atoms with Gasteiger partial charge in [-0.2, -0.15) is 0 Å². The van der Waals surface area contributed by atoms with Crippen molar-refractivity contribution in [1.82, 2.24) is 9.97 Å². The van der Waals surface area contributed by atoms with E-state index in [-0.39, 0.29) is 0 Å². The monoisotopic (exact) mass is 658 g/mol. The van der Waals surface area contributed by atoms with Gasteiger partial charge in [-0.3, -0.25) is 4.98 Å². The highest BCUT2D eigenvalue weighted by atomic mass is 14.8. The molecule has 2 aromatic heterocycles. The zero-order valence-corrected chi connectivity index (χ0v) is 29.2. The molecule has 3 atom stereocenters. The van der Waals surface area contributed by atoms with Gasteiger partial charge in [0, 0.05) is 18.0 Å². The van der Waals surface area contributed by atoms with Gasteiger partial charge in [0.1, 0.15) is 0 Å². The highest BCUT2D eigenvalue weighted by Crippen LogP contribution is 2.53. The molecule has 0 fully saturated rings. The SMILES string of the molecule is CC1C(C2=CC=CC(c3cccc(-c4cc(C5=CC=CCCC=C5)nc(-c5ccccn5)c4)c3)C2)=CC=C2C3=C(C=CCC3)c3ccccc3C21. The van der Waals surface area contributed by atoms with Gasteiger partial charge < -0.3 is 0 Å². The first-order valence-electron chi connectivity index (χ1n) is 18.6.